The summed E-state index contributed by atoms with van der Waals surface area (Å²) in [5, 5.41) is 0. The van der Waals surface area contributed by atoms with Gasteiger partial charge in [-0.05, 0) is 25.5 Å². The van der Waals surface area contributed by atoms with Crippen LogP contribution in [0.25, 0.3) is 0 Å². The second-order valence-corrected chi connectivity index (χ2v) is 4.61. The van der Waals surface area contributed by atoms with E-state index in [1.165, 1.54) is 6.07 Å². The second-order valence-electron chi connectivity index (χ2n) is 4.61. The Morgan fingerprint density at radius 1 is 1.35 bits per heavy atom. The molecule has 1 aromatic carbocycles. The zero-order chi connectivity index (χ0) is 12.4. The van der Waals surface area contributed by atoms with Gasteiger partial charge in [-0.1, -0.05) is 12.1 Å². The van der Waals surface area contributed by atoms with Gasteiger partial charge in [-0.3, -0.25) is 0 Å². The Bertz CT molecular complexity index is 387. The van der Waals surface area contributed by atoms with E-state index >= 15 is 0 Å². The lowest BCUT2D eigenvalue weighted by Gasteiger charge is -2.37. The molecule has 0 unspecified atom stereocenters. The summed E-state index contributed by atoms with van der Waals surface area (Å²) in [5.74, 6) is -0.200. The number of anilines is 1. The average molecular weight is 238 g/mol. The Labute approximate surface area is 101 Å². The fourth-order valence-electron chi connectivity index (χ4n) is 2.44. The normalized spacial score (nSPS) is 25.1. The van der Waals surface area contributed by atoms with Crippen molar-refractivity contribution in [1.82, 2.24) is 0 Å². The summed E-state index contributed by atoms with van der Waals surface area (Å²) in [5.41, 5.74) is 7.16. The second kappa shape index (κ2) is 5.02. The van der Waals surface area contributed by atoms with E-state index in [9.17, 15) is 4.39 Å². The van der Waals surface area contributed by atoms with E-state index in [2.05, 4.69) is 0 Å². The summed E-state index contributed by atoms with van der Waals surface area (Å²) in [4.78, 5) is 2.04. The molecule has 0 radical (unpaired) electrons. The number of para-hydroxylation sites is 1. The van der Waals surface area contributed by atoms with Crippen molar-refractivity contribution in [1.29, 1.82) is 0 Å². The molecule has 4 heteroatoms. The number of nitrogens with zero attached hydrogens (tertiary/aromatic N) is 1. The van der Waals surface area contributed by atoms with Gasteiger partial charge >= 0.3 is 0 Å². The van der Waals surface area contributed by atoms with E-state index < -0.39 is 0 Å². The Balaban J connectivity index is 2.32. The molecule has 3 nitrogen and oxygen atoms in total. The van der Waals surface area contributed by atoms with E-state index in [1.807, 2.05) is 24.8 Å². The first-order valence-corrected chi connectivity index (χ1v) is 5.99. The highest BCUT2D eigenvalue weighted by Crippen LogP contribution is 2.27. The number of benzene rings is 1. The Kier molecular flexibility index (Phi) is 3.64. The van der Waals surface area contributed by atoms with Crippen LogP contribution in [0.3, 0.4) is 0 Å². The van der Waals surface area contributed by atoms with E-state index in [0.717, 1.165) is 5.56 Å². The lowest BCUT2D eigenvalue weighted by molar-refractivity contribution is -0.00543. The van der Waals surface area contributed by atoms with Crippen molar-refractivity contribution in [3.8, 4) is 0 Å². The largest absolute Gasteiger partial charge is 0.372 e. The molecule has 1 aromatic rings. The van der Waals surface area contributed by atoms with Crippen LogP contribution in [0.15, 0.2) is 18.2 Å². The lowest BCUT2D eigenvalue weighted by atomic mass is 10.1. The summed E-state index contributed by atoms with van der Waals surface area (Å²) in [6.07, 6.45) is 0.230. The van der Waals surface area contributed by atoms with Gasteiger partial charge in [-0.25, -0.2) is 4.39 Å². The van der Waals surface area contributed by atoms with Crippen molar-refractivity contribution in [3.63, 3.8) is 0 Å². The van der Waals surface area contributed by atoms with E-state index in [1.54, 1.807) is 6.07 Å². The third-order valence-corrected chi connectivity index (χ3v) is 3.03. The summed E-state index contributed by atoms with van der Waals surface area (Å²) in [6.45, 7) is 5.78. The maximum atomic E-state index is 13.9. The molecule has 0 saturated carbocycles. The minimum atomic E-state index is -0.200. The number of morpholine rings is 1. The molecule has 2 rings (SSSR count). The maximum absolute atomic E-state index is 13.9. The van der Waals surface area contributed by atoms with Crippen molar-refractivity contribution in [2.75, 3.05) is 18.0 Å². The summed E-state index contributed by atoms with van der Waals surface area (Å²) in [7, 11) is 0. The van der Waals surface area contributed by atoms with Crippen LogP contribution in [-0.2, 0) is 11.3 Å². The number of hydrogen-bond donors (Lipinski definition) is 1. The van der Waals surface area contributed by atoms with Gasteiger partial charge in [0.25, 0.3) is 0 Å². The first kappa shape index (κ1) is 12.3. The van der Waals surface area contributed by atoms with E-state index in [0.29, 0.717) is 25.3 Å². The molecule has 2 atom stereocenters. The van der Waals surface area contributed by atoms with Gasteiger partial charge in [-0.15, -0.1) is 0 Å². The highest BCUT2D eigenvalue weighted by molar-refractivity contribution is 5.55. The van der Waals surface area contributed by atoms with Crippen LogP contribution in [0.5, 0.6) is 0 Å². The Morgan fingerprint density at radius 3 is 2.59 bits per heavy atom. The fourth-order valence-corrected chi connectivity index (χ4v) is 2.44. The molecule has 1 saturated heterocycles. The number of ether oxygens (including phenoxy) is 1. The minimum absolute atomic E-state index is 0.115. The monoisotopic (exact) mass is 238 g/mol. The zero-order valence-electron chi connectivity index (χ0n) is 10.3. The number of rotatable bonds is 2. The summed E-state index contributed by atoms with van der Waals surface area (Å²) < 4.78 is 19.6. The van der Waals surface area contributed by atoms with Crippen LogP contribution in [0.2, 0.25) is 0 Å². The number of hydrogen-bond acceptors (Lipinski definition) is 3. The molecule has 0 bridgehead atoms. The van der Waals surface area contributed by atoms with Crippen LogP contribution < -0.4 is 10.6 Å². The Morgan fingerprint density at radius 2 is 2.00 bits per heavy atom. The van der Waals surface area contributed by atoms with Gasteiger partial charge in [-0.2, -0.15) is 0 Å². The molecule has 17 heavy (non-hydrogen) atoms. The van der Waals surface area contributed by atoms with Crippen molar-refractivity contribution in [3.05, 3.63) is 29.6 Å². The predicted molar refractivity (Wildman–Crippen MR) is 66.5 cm³/mol. The predicted octanol–water partition coefficient (Wildman–Crippen LogP) is 1.90. The molecular formula is C13H19FN2O. The van der Waals surface area contributed by atoms with Crippen molar-refractivity contribution in [2.24, 2.45) is 5.73 Å². The molecule has 94 valence electrons. The van der Waals surface area contributed by atoms with E-state index in [4.69, 9.17) is 10.5 Å². The van der Waals surface area contributed by atoms with Gasteiger partial charge < -0.3 is 15.4 Å². The summed E-state index contributed by atoms with van der Waals surface area (Å²) in [6, 6.07) is 5.07. The highest BCUT2D eigenvalue weighted by atomic mass is 19.1. The topological polar surface area (TPSA) is 38.5 Å². The highest BCUT2D eigenvalue weighted by Gasteiger charge is 2.25. The van der Waals surface area contributed by atoms with Crippen molar-refractivity contribution in [2.45, 2.75) is 32.6 Å². The zero-order valence-corrected chi connectivity index (χ0v) is 10.3. The molecule has 0 spiro atoms. The number of nitrogens with two attached hydrogens (primary N) is 1. The van der Waals surface area contributed by atoms with Crippen LogP contribution in [0.4, 0.5) is 10.1 Å². The fraction of sp³-hybridized carbons (Fsp3) is 0.538. The maximum Gasteiger partial charge on any atom is 0.146 e. The quantitative estimate of drug-likeness (QED) is 0.855. The molecular weight excluding hydrogens is 219 g/mol. The molecule has 0 aliphatic carbocycles. The summed E-state index contributed by atoms with van der Waals surface area (Å²) >= 11 is 0. The van der Waals surface area contributed by atoms with E-state index in [-0.39, 0.29) is 18.0 Å². The third-order valence-electron chi connectivity index (χ3n) is 3.03. The van der Waals surface area contributed by atoms with Crippen molar-refractivity contribution >= 4 is 5.69 Å². The first-order chi connectivity index (χ1) is 8.11. The van der Waals surface area contributed by atoms with Gasteiger partial charge in [0.2, 0.25) is 0 Å². The van der Waals surface area contributed by atoms with Crippen LogP contribution in [0.1, 0.15) is 19.4 Å². The molecule has 1 aliphatic heterocycles. The molecule has 1 fully saturated rings. The van der Waals surface area contributed by atoms with Crippen LogP contribution >= 0.6 is 0 Å². The smallest absolute Gasteiger partial charge is 0.146 e. The number of halogens is 1. The lowest BCUT2D eigenvalue weighted by Crippen LogP contribution is -2.46. The third kappa shape index (κ3) is 2.58. The van der Waals surface area contributed by atoms with Crippen LogP contribution in [-0.4, -0.2) is 25.3 Å². The van der Waals surface area contributed by atoms with Gasteiger partial charge in [0.05, 0.1) is 17.9 Å². The Hall–Kier alpha value is -1.13. The average Bonchev–Trinajstić information content (AvgIpc) is 2.27. The first-order valence-electron chi connectivity index (χ1n) is 5.99. The SMILES string of the molecule is C[C@@H]1CN(c2c(F)cccc2CN)C[C@H](C)O1. The molecule has 1 heterocycles. The molecule has 1 aliphatic rings. The van der Waals surface area contributed by atoms with Gasteiger partial charge in [0.15, 0.2) is 0 Å². The van der Waals surface area contributed by atoms with Gasteiger partial charge in [0, 0.05) is 19.6 Å². The minimum Gasteiger partial charge on any atom is -0.372 e. The van der Waals surface area contributed by atoms with Gasteiger partial charge in [0.1, 0.15) is 5.82 Å². The standard InChI is InChI=1S/C13H19FN2O/c1-9-7-16(8-10(2)17-9)13-11(6-15)4-3-5-12(13)14/h3-5,9-10H,6-8,15H2,1-2H3/t9-,10+. The van der Waals surface area contributed by atoms with Crippen molar-refractivity contribution < 1.29 is 9.13 Å². The molecule has 0 amide bonds. The van der Waals surface area contributed by atoms with Crippen LogP contribution in [0, 0.1) is 5.82 Å². The molecule has 0 aromatic heterocycles. The molecule has 2 N–H and O–H groups in total.